The van der Waals surface area contributed by atoms with Crippen molar-refractivity contribution in [2.75, 3.05) is 12.4 Å². The Morgan fingerprint density at radius 2 is 1.80 bits per heavy atom. The van der Waals surface area contributed by atoms with Crippen LogP contribution in [0.1, 0.15) is 10.6 Å². The third kappa shape index (κ3) is 4.23. The van der Waals surface area contributed by atoms with Gasteiger partial charge in [0.25, 0.3) is 5.91 Å². The standard InChI is InChI=1S/C22H16BrFN4O2/c1-30-19-11-9-18(10-12-19)28-21(14-5-7-16(24)8-6-14)26-20(27-28)22(29)25-17-4-2-3-15(23)13-17/h2-13H,1H3,(H,25,29). The number of methoxy groups -OCH3 is 1. The highest BCUT2D eigenvalue weighted by Gasteiger charge is 2.19. The van der Waals surface area contributed by atoms with Crippen LogP contribution in [-0.2, 0) is 0 Å². The maximum absolute atomic E-state index is 13.4. The topological polar surface area (TPSA) is 69.0 Å². The number of aromatic nitrogens is 3. The van der Waals surface area contributed by atoms with Crippen LogP contribution in [0.5, 0.6) is 5.75 Å². The summed E-state index contributed by atoms with van der Waals surface area (Å²) in [4.78, 5) is 17.2. The normalized spacial score (nSPS) is 10.6. The maximum atomic E-state index is 13.4. The number of amides is 1. The van der Waals surface area contributed by atoms with Crippen molar-refractivity contribution in [1.82, 2.24) is 14.8 Å². The molecule has 30 heavy (non-hydrogen) atoms. The van der Waals surface area contributed by atoms with Crippen LogP contribution in [0, 0.1) is 5.82 Å². The van der Waals surface area contributed by atoms with E-state index in [4.69, 9.17) is 4.74 Å². The summed E-state index contributed by atoms with van der Waals surface area (Å²) in [5.41, 5.74) is 1.92. The number of hydrogen-bond donors (Lipinski definition) is 1. The van der Waals surface area contributed by atoms with E-state index in [1.54, 1.807) is 60.3 Å². The van der Waals surface area contributed by atoms with Gasteiger partial charge in [0.15, 0.2) is 5.82 Å². The van der Waals surface area contributed by atoms with Crippen LogP contribution in [-0.4, -0.2) is 27.8 Å². The van der Waals surface area contributed by atoms with E-state index >= 15 is 0 Å². The summed E-state index contributed by atoms with van der Waals surface area (Å²) in [5.74, 6) is 0.283. The molecule has 0 aliphatic heterocycles. The number of hydrogen-bond acceptors (Lipinski definition) is 4. The number of rotatable bonds is 5. The van der Waals surface area contributed by atoms with E-state index in [0.717, 1.165) is 4.47 Å². The van der Waals surface area contributed by atoms with Gasteiger partial charge in [-0.05, 0) is 66.7 Å². The Hall–Kier alpha value is -3.52. The number of benzene rings is 3. The lowest BCUT2D eigenvalue weighted by Crippen LogP contribution is -2.14. The van der Waals surface area contributed by atoms with E-state index in [1.807, 2.05) is 12.1 Å². The molecule has 1 heterocycles. The molecule has 0 unspecified atom stereocenters. The molecule has 3 aromatic carbocycles. The highest BCUT2D eigenvalue weighted by atomic mass is 79.9. The van der Waals surface area contributed by atoms with Crippen molar-refractivity contribution in [3.8, 4) is 22.8 Å². The van der Waals surface area contributed by atoms with E-state index in [9.17, 15) is 9.18 Å². The molecular formula is C22H16BrFN4O2. The van der Waals surface area contributed by atoms with E-state index in [0.29, 0.717) is 28.5 Å². The lowest BCUT2D eigenvalue weighted by atomic mass is 10.2. The Balaban J connectivity index is 1.74. The molecule has 0 atom stereocenters. The highest BCUT2D eigenvalue weighted by molar-refractivity contribution is 9.10. The Morgan fingerprint density at radius 1 is 1.07 bits per heavy atom. The van der Waals surface area contributed by atoms with Gasteiger partial charge in [0, 0.05) is 15.7 Å². The van der Waals surface area contributed by atoms with Crippen molar-refractivity contribution in [3.63, 3.8) is 0 Å². The SMILES string of the molecule is COc1ccc(-n2nc(C(=O)Nc3cccc(Br)c3)nc2-c2ccc(F)cc2)cc1. The van der Waals surface area contributed by atoms with E-state index in [-0.39, 0.29) is 11.6 Å². The second-order valence-corrected chi connectivity index (χ2v) is 7.26. The minimum atomic E-state index is -0.455. The van der Waals surface area contributed by atoms with E-state index in [2.05, 4.69) is 31.3 Å². The number of nitrogens with one attached hydrogen (secondary N) is 1. The summed E-state index contributed by atoms with van der Waals surface area (Å²) in [6.45, 7) is 0. The molecule has 1 amide bonds. The molecular weight excluding hydrogens is 451 g/mol. The predicted molar refractivity (Wildman–Crippen MR) is 115 cm³/mol. The van der Waals surface area contributed by atoms with Gasteiger partial charge in [0.1, 0.15) is 11.6 Å². The van der Waals surface area contributed by atoms with Crippen molar-refractivity contribution < 1.29 is 13.9 Å². The van der Waals surface area contributed by atoms with Crippen LogP contribution in [0.25, 0.3) is 17.1 Å². The zero-order valence-electron chi connectivity index (χ0n) is 15.8. The summed E-state index contributed by atoms with van der Waals surface area (Å²) >= 11 is 3.38. The molecule has 0 fully saturated rings. The van der Waals surface area contributed by atoms with Crippen molar-refractivity contribution in [2.24, 2.45) is 0 Å². The number of ether oxygens (including phenoxy) is 1. The van der Waals surface area contributed by atoms with Gasteiger partial charge in [0.2, 0.25) is 5.82 Å². The Bertz CT molecular complexity index is 1190. The van der Waals surface area contributed by atoms with Gasteiger partial charge in [-0.1, -0.05) is 22.0 Å². The monoisotopic (exact) mass is 466 g/mol. The first-order valence-corrected chi connectivity index (χ1v) is 9.77. The second-order valence-electron chi connectivity index (χ2n) is 6.34. The summed E-state index contributed by atoms with van der Waals surface area (Å²) in [5, 5.41) is 7.18. The van der Waals surface area contributed by atoms with Gasteiger partial charge in [-0.2, -0.15) is 0 Å². The van der Waals surface area contributed by atoms with Crippen LogP contribution in [0.4, 0.5) is 10.1 Å². The third-order valence-electron chi connectivity index (χ3n) is 4.31. The van der Waals surface area contributed by atoms with Gasteiger partial charge in [0.05, 0.1) is 12.8 Å². The first kappa shape index (κ1) is 19.8. The average molecular weight is 467 g/mol. The van der Waals surface area contributed by atoms with Crippen molar-refractivity contribution >= 4 is 27.5 Å². The van der Waals surface area contributed by atoms with E-state index < -0.39 is 5.91 Å². The first-order valence-electron chi connectivity index (χ1n) is 8.98. The summed E-state index contributed by atoms with van der Waals surface area (Å²) < 4.78 is 21.0. The zero-order chi connectivity index (χ0) is 21.1. The zero-order valence-corrected chi connectivity index (χ0v) is 17.4. The largest absolute Gasteiger partial charge is 0.497 e. The molecule has 0 bridgehead atoms. The lowest BCUT2D eigenvalue weighted by Gasteiger charge is -2.07. The minimum absolute atomic E-state index is 0.00915. The molecule has 150 valence electrons. The fraction of sp³-hybridized carbons (Fsp3) is 0.0455. The number of carbonyl (C=O) groups is 1. The van der Waals surface area contributed by atoms with Crippen molar-refractivity contribution in [2.45, 2.75) is 0 Å². The fourth-order valence-corrected chi connectivity index (χ4v) is 3.25. The second kappa shape index (κ2) is 8.46. The van der Waals surface area contributed by atoms with Crippen LogP contribution in [0.3, 0.4) is 0 Å². The van der Waals surface area contributed by atoms with Gasteiger partial charge in [-0.25, -0.2) is 14.1 Å². The molecule has 0 saturated heterocycles. The molecule has 0 saturated carbocycles. The predicted octanol–water partition coefficient (Wildman–Crippen LogP) is 5.10. The fourth-order valence-electron chi connectivity index (χ4n) is 2.85. The van der Waals surface area contributed by atoms with Gasteiger partial charge in [-0.3, -0.25) is 4.79 Å². The molecule has 8 heteroatoms. The van der Waals surface area contributed by atoms with Crippen LogP contribution in [0.15, 0.2) is 77.3 Å². The van der Waals surface area contributed by atoms with E-state index in [1.165, 1.54) is 12.1 Å². The molecule has 0 aliphatic carbocycles. The number of halogens is 2. The Labute approximate surface area is 180 Å². The Kier molecular flexibility index (Phi) is 5.58. The highest BCUT2D eigenvalue weighted by Crippen LogP contribution is 2.24. The molecule has 1 N–H and O–H groups in total. The molecule has 1 aromatic heterocycles. The summed E-state index contributed by atoms with van der Waals surface area (Å²) in [6.07, 6.45) is 0. The molecule has 0 spiro atoms. The Morgan fingerprint density at radius 3 is 2.47 bits per heavy atom. The summed E-state index contributed by atoms with van der Waals surface area (Å²) in [6, 6.07) is 20.2. The molecule has 4 aromatic rings. The van der Waals surface area contributed by atoms with Crippen LogP contribution < -0.4 is 10.1 Å². The third-order valence-corrected chi connectivity index (χ3v) is 4.81. The number of carbonyl (C=O) groups excluding carboxylic acids is 1. The van der Waals surface area contributed by atoms with Gasteiger partial charge >= 0.3 is 0 Å². The number of anilines is 1. The molecule has 0 radical (unpaired) electrons. The molecule has 0 aliphatic rings. The quantitative estimate of drug-likeness (QED) is 0.444. The van der Waals surface area contributed by atoms with Crippen LogP contribution >= 0.6 is 15.9 Å². The smallest absolute Gasteiger partial charge is 0.295 e. The number of nitrogens with zero attached hydrogens (tertiary/aromatic N) is 3. The molecule has 4 rings (SSSR count). The maximum Gasteiger partial charge on any atom is 0.295 e. The van der Waals surface area contributed by atoms with Crippen LogP contribution in [0.2, 0.25) is 0 Å². The van der Waals surface area contributed by atoms with Crippen molar-refractivity contribution in [1.29, 1.82) is 0 Å². The lowest BCUT2D eigenvalue weighted by molar-refractivity contribution is 0.101. The van der Waals surface area contributed by atoms with Gasteiger partial charge in [-0.15, -0.1) is 5.10 Å². The summed E-state index contributed by atoms with van der Waals surface area (Å²) in [7, 11) is 1.58. The minimum Gasteiger partial charge on any atom is -0.497 e. The van der Waals surface area contributed by atoms with Crippen molar-refractivity contribution in [3.05, 3.63) is 88.9 Å². The van der Waals surface area contributed by atoms with Gasteiger partial charge < -0.3 is 10.1 Å². The molecule has 6 nitrogen and oxygen atoms in total. The first-order chi connectivity index (χ1) is 14.5. The average Bonchev–Trinajstić information content (AvgIpc) is 3.20.